The van der Waals surface area contributed by atoms with Crippen molar-refractivity contribution in [1.82, 2.24) is 25.0 Å². The van der Waals surface area contributed by atoms with Crippen LogP contribution in [0.2, 0.25) is 0 Å². The standard InChI is InChI=1S/C10H14N8O2/c1-7-8(18(19)20)9(15-10(11-2)14-7)12-3-5-17-6-4-13-16-17/h4,6H,3,5H2,1-2H3,(H2,11,12,14,15). The second-order valence-corrected chi connectivity index (χ2v) is 3.93. The molecule has 0 aliphatic heterocycles. The summed E-state index contributed by atoms with van der Waals surface area (Å²) in [6, 6.07) is 0. The van der Waals surface area contributed by atoms with E-state index in [1.807, 2.05) is 0 Å². The highest BCUT2D eigenvalue weighted by Crippen LogP contribution is 2.26. The number of nitro groups is 1. The molecule has 0 saturated carbocycles. The molecule has 0 aliphatic carbocycles. The molecule has 20 heavy (non-hydrogen) atoms. The highest BCUT2D eigenvalue weighted by Gasteiger charge is 2.21. The van der Waals surface area contributed by atoms with Crippen LogP contribution in [-0.2, 0) is 6.54 Å². The zero-order valence-electron chi connectivity index (χ0n) is 11.1. The molecule has 106 valence electrons. The Balaban J connectivity index is 2.16. The van der Waals surface area contributed by atoms with E-state index in [1.165, 1.54) is 0 Å². The Bertz CT molecular complexity index is 598. The van der Waals surface area contributed by atoms with E-state index in [0.29, 0.717) is 24.7 Å². The van der Waals surface area contributed by atoms with Gasteiger partial charge in [0.05, 0.1) is 17.7 Å². The van der Waals surface area contributed by atoms with Gasteiger partial charge in [-0.15, -0.1) is 5.10 Å². The van der Waals surface area contributed by atoms with Crippen molar-refractivity contribution in [1.29, 1.82) is 0 Å². The van der Waals surface area contributed by atoms with Gasteiger partial charge < -0.3 is 10.6 Å². The van der Waals surface area contributed by atoms with E-state index in [2.05, 4.69) is 30.9 Å². The fraction of sp³-hybridized carbons (Fsp3) is 0.400. The average molecular weight is 278 g/mol. The smallest absolute Gasteiger partial charge is 0.332 e. The summed E-state index contributed by atoms with van der Waals surface area (Å²) in [6.07, 6.45) is 3.27. The van der Waals surface area contributed by atoms with Crippen LogP contribution in [-0.4, -0.2) is 43.5 Å². The fourth-order valence-corrected chi connectivity index (χ4v) is 1.66. The van der Waals surface area contributed by atoms with E-state index < -0.39 is 4.92 Å². The van der Waals surface area contributed by atoms with Gasteiger partial charge in [-0.05, 0) is 6.92 Å². The molecule has 0 atom stereocenters. The van der Waals surface area contributed by atoms with Gasteiger partial charge in [0.2, 0.25) is 11.8 Å². The zero-order valence-corrected chi connectivity index (χ0v) is 11.1. The third kappa shape index (κ3) is 2.96. The van der Waals surface area contributed by atoms with Crippen LogP contribution in [0.15, 0.2) is 12.4 Å². The van der Waals surface area contributed by atoms with Crippen molar-refractivity contribution in [3.8, 4) is 0 Å². The van der Waals surface area contributed by atoms with E-state index in [9.17, 15) is 10.1 Å². The lowest BCUT2D eigenvalue weighted by molar-refractivity contribution is -0.385. The highest BCUT2D eigenvalue weighted by atomic mass is 16.6. The number of anilines is 2. The molecule has 0 spiro atoms. The summed E-state index contributed by atoms with van der Waals surface area (Å²) in [7, 11) is 1.65. The van der Waals surface area contributed by atoms with Crippen LogP contribution < -0.4 is 10.6 Å². The summed E-state index contributed by atoms with van der Waals surface area (Å²) in [5, 5.41) is 24.2. The number of hydrogen-bond acceptors (Lipinski definition) is 8. The summed E-state index contributed by atoms with van der Waals surface area (Å²) >= 11 is 0. The first-order chi connectivity index (χ1) is 9.61. The van der Waals surface area contributed by atoms with Gasteiger partial charge in [-0.25, -0.2) is 4.98 Å². The predicted molar refractivity (Wildman–Crippen MR) is 71.5 cm³/mol. The van der Waals surface area contributed by atoms with Gasteiger partial charge in [0.25, 0.3) is 0 Å². The monoisotopic (exact) mass is 278 g/mol. The lowest BCUT2D eigenvalue weighted by Crippen LogP contribution is -2.15. The minimum atomic E-state index is -0.493. The maximum Gasteiger partial charge on any atom is 0.332 e. The van der Waals surface area contributed by atoms with Crippen LogP contribution >= 0.6 is 0 Å². The Kier molecular flexibility index (Phi) is 4.03. The molecule has 0 bridgehead atoms. The molecule has 10 heteroatoms. The Morgan fingerprint density at radius 3 is 2.85 bits per heavy atom. The molecule has 2 aromatic rings. The van der Waals surface area contributed by atoms with E-state index in [1.54, 1.807) is 31.0 Å². The Hall–Kier alpha value is -2.78. The molecule has 0 saturated heterocycles. The van der Waals surface area contributed by atoms with Crippen LogP contribution in [0.25, 0.3) is 0 Å². The second-order valence-electron chi connectivity index (χ2n) is 3.93. The van der Waals surface area contributed by atoms with E-state index >= 15 is 0 Å². The molecule has 2 rings (SSSR count). The molecular weight excluding hydrogens is 264 g/mol. The van der Waals surface area contributed by atoms with E-state index in [0.717, 1.165) is 0 Å². The van der Waals surface area contributed by atoms with Gasteiger partial charge in [0.1, 0.15) is 5.69 Å². The topological polar surface area (TPSA) is 124 Å². The van der Waals surface area contributed by atoms with Crippen molar-refractivity contribution in [3.63, 3.8) is 0 Å². The minimum absolute atomic E-state index is 0.123. The van der Waals surface area contributed by atoms with Crippen molar-refractivity contribution in [2.45, 2.75) is 13.5 Å². The number of hydrogen-bond donors (Lipinski definition) is 2. The lowest BCUT2D eigenvalue weighted by Gasteiger charge is -2.09. The molecule has 0 radical (unpaired) electrons. The van der Waals surface area contributed by atoms with Crippen molar-refractivity contribution in [3.05, 3.63) is 28.2 Å². The summed E-state index contributed by atoms with van der Waals surface area (Å²) < 4.78 is 1.62. The van der Waals surface area contributed by atoms with E-state index in [4.69, 9.17) is 0 Å². The quantitative estimate of drug-likeness (QED) is 0.576. The first-order valence-electron chi connectivity index (χ1n) is 5.90. The van der Waals surface area contributed by atoms with Crippen molar-refractivity contribution in [2.24, 2.45) is 0 Å². The van der Waals surface area contributed by atoms with Crippen LogP contribution in [0.3, 0.4) is 0 Å². The summed E-state index contributed by atoms with van der Waals surface area (Å²) in [4.78, 5) is 18.7. The Labute approximate surface area is 114 Å². The summed E-state index contributed by atoms with van der Waals surface area (Å²) in [6.45, 7) is 2.53. The van der Waals surface area contributed by atoms with Crippen LogP contribution in [0.1, 0.15) is 5.69 Å². The largest absolute Gasteiger partial charge is 0.362 e. The maximum absolute atomic E-state index is 11.1. The van der Waals surface area contributed by atoms with Crippen LogP contribution in [0.4, 0.5) is 17.5 Å². The number of aryl methyl sites for hydroxylation is 1. The molecule has 0 aromatic carbocycles. The average Bonchev–Trinajstić information content (AvgIpc) is 2.90. The Morgan fingerprint density at radius 1 is 1.45 bits per heavy atom. The number of nitrogens with zero attached hydrogens (tertiary/aromatic N) is 6. The molecule has 0 aliphatic rings. The SMILES string of the molecule is CNc1nc(C)c([N+](=O)[O-])c(NCCn2ccnn2)n1. The number of aromatic nitrogens is 5. The lowest BCUT2D eigenvalue weighted by atomic mass is 10.3. The van der Waals surface area contributed by atoms with Gasteiger partial charge in [-0.1, -0.05) is 5.21 Å². The molecular formula is C10H14N8O2. The van der Waals surface area contributed by atoms with Crippen LogP contribution in [0.5, 0.6) is 0 Å². The fourth-order valence-electron chi connectivity index (χ4n) is 1.66. The molecule has 0 fully saturated rings. The molecule has 2 N–H and O–H groups in total. The molecule has 2 aromatic heterocycles. The van der Waals surface area contributed by atoms with Gasteiger partial charge in [-0.2, -0.15) is 4.98 Å². The van der Waals surface area contributed by atoms with Crippen molar-refractivity contribution < 1.29 is 4.92 Å². The molecule has 2 heterocycles. The summed E-state index contributed by atoms with van der Waals surface area (Å²) in [5.74, 6) is 0.517. The summed E-state index contributed by atoms with van der Waals surface area (Å²) in [5.41, 5.74) is 0.181. The third-order valence-corrected chi connectivity index (χ3v) is 2.57. The normalized spacial score (nSPS) is 10.3. The predicted octanol–water partition coefficient (Wildman–Crippen LogP) is 0.439. The highest BCUT2D eigenvalue weighted by molar-refractivity contribution is 5.60. The zero-order chi connectivity index (χ0) is 14.5. The van der Waals surface area contributed by atoms with Gasteiger partial charge in [0.15, 0.2) is 0 Å². The van der Waals surface area contributed by atoms with Gasteiger partial charge >= 0.3 is 5.69 Å². The minimum Gasteiger partial charge on any atom is -0.362 e. The van der Waals surface area contributed by atoms with Crippen molar-refractivity contribution in [2.75, 3.05) is 24.2 Å². The second kappa shape index (κ2) is 5.91. The van der Waals surface area contributed by atoms with E-state index in [-0.39, 0.29) is 11.5 Å². The first-order valence-corrected chi connectivity index (χ1v) is 5.90. The van der Waals surface area contributed by atoms with Gasteiger partial charge in [0, 0.05) is 19.8 Å². The third-order valence-electron chi connectivity index (χ3n) is 2.57. The first kappa shape index (κ1) is 13.6. The van der Waals surface area contributed by atoms with Crippen LogP contribution in [0, 0.1) is 17.0 Å². The number of nitrogens with one attached hydrogen (secondary N) is 2. The van der Waals surface area contributed by atoms with Gasteiger partial charge in [-0.3, -0.25) is 14.8 Å². The molecule has 10 nitrogen and oxygen atoms in total. The number of rotatable bonds is 6. The van der Waals surface area contributed by atoms with Crippen molar-refractivity contribution >= 4 is 17.5 Å². The maximum atomic E-state index is 11.1. The molecule has 0 unspecified atom stereocenters. The Morgan fingerprint density at radius 2 is 2.25 bits per heavy atom. The molecule has 0 amide bonds.